The van der Waals surface area contributed by atoms with Gasteiger partial charge in [0.2, 0.25) is 0 Å². The summed E-state index contributed by atoms with van der Waals surface area (Å²) in [5.41, 5.74) is 9.32. The standard InChI is InChI=1S/C19H19N7O/c20-19(18-24-14-2-1-12(10-27)9-15(14)25-18)4-7-26(8-5-19)17-13-3-6-21-16(13)22-11-23-17/h1-3,6,9-11H,4-5,7-8,20H2,(H,24,25)(H,21,22,23). The van der Waals surface area contributed by atoms with Gasteiger partial charge in [0.15, 0.2) is 0 Å². The van der Waals surface area contributed by atoms with E-state index in [1.54, 1.807) is 18.5 Å². The maximum absolute atomic E-state index is 11.0. The van der Waals surface area contributed by atoms with Crippen LogP contribution in [0.15, 0.2) is 36.8 Å². The van der Waals surface area contributed by atoms with Crippen LogP contribution in [0.3, 0.4) is 0 Å². The van der Waals surface area contributed by atoms with Gasteiger partial charge in [0, 0.05) is 24.8 Å². The Balaban J connectivity index is 1.42. The van der Waals surface area contributed by atoms with Crippen molar-refractivity contribution < 1.29 is 4.79 Å². The first-order valence-corrected chi connectivity index (χ1v) is 8.94. The van der Waals surface area contributed by atoms with Crippen molar-refractivity contribution in [2.75, 3.05) is 18.0 Å². The van der Waals surface area contributed by atoms with Crippen molar-refractivity contribution in [2.24, 2.45) is 5.73 Å². The van der Waals surface area contributed by atoms with E-state index in [1.165, 1.54) is 0 Å². The van der Waals surface area contributed by atoms with Crippen LogP contribution in [0.4, 0.5) is 5.82 Å². The van der Waals surface area contributed by atoms with Crippen LogP contribution in [0.5, 0.6) is 0 Å². The molecule has 0 amide bonds. The van der Waals surface area contributed by atoms with E-state index in [-0.39, 0.29) is 0 Å². The normalized spacial score (nSPS) is 16.9. The minimum absolute atomic E-state index is 0.527. The molecule has 0 unspecified atom stereocenters. The number of nitrogens with two attached hydrogens (primary N) is 1. The number of nitrogens with one attached hydrogen (secondary N) is 2. The number of aromatic nitrogens is 5. The van der Waals surface area contributed by atoms with Gasteiger partial charge < -0.3 is 20.6 Å². The summed E-state index contributed by atoms with van der Waals surface area (Å²) in [6.45, 7) is 1.56. The van der Waals surface area contributed by atoms with Crippen LogP contribution >= 0.6 is 0 Å². The van der Waals surface area contributed by atoms with Gasteiger partial charge in [-0.15, -0.1) is 0 Å². The van der Waals surface area contributed by atoms with Gasteiger partial charge in [-0.05, 0) is 37.1 Å². The van der Waals surface area contributed by atoms with Crippen LogP contribution < -0.4 is 10.6 Å². The average Bonchev–Trinajstić information content (AvgIpc) is 3.35. The number of aromatic amines is 2. The number of fused-ring (bicyclic) bond motifs is 2. The number of carbonyl (C=O) groups is 1. The van der Waals surface area contributed by atoms with Crippen molar-refractivity contribution in [1.29, 1.82) is 0 Å². The monoisotopic (exact) mass is 361 g/mol. The van der Waals surface area contributed by atoms with Crippen molar-refractivity contribution in [3.05, 3.63) is 48.2 Å². The number of piperidine rings is 1. The van der Waals surface area contributed by atoms with Gasteiger partial charge >= 0.3 is 0 Å². The van der Waals surface area contributed by atoms with Crippen molar-refractivity contribution in [2.45, 2.75) is 18.4 Å². The molecule has 0 atom stereocenters. The Labute approximate surface area is 154 Å². The molecule has 4 aromatic rings. The second kappa shape index (κ2) is 5.88. The Hall–Kier alpha value is -3.26. The molecule has 1 aromatic carbocycles. The Bertz CT molecular complexity index is 1140. The summed E-state index contributed by atoms with van der Waals surface area (Å²) in [7, 11) is 0. The first-order valence-electron chi connectivity index (χ1n) is 8.94. The first-order chi connectivity index (χ1) is 13.2. The third kappa shape index (κ3) is 2.57. The van der Waals surface area contributed by atoms with Gasteiger partial charge in [0.05, 0.1) is 22.0 Å². The Morgan fingerprint density at radius 2 is 2.04 bits per heavy atom. The zero-order chi connectivity index (χ0) is 18.4. The summed E-state index contributed by atoms with van der Waals surface area (Å²) >= 11 is 0. The van der Waals surface area contributed by atoms with E-state index in [4.69, 9.17) is 5.73 Å². The average molecular weight is 361 g/mol. The van der Waals surface area contributed by atoms with Gasteiger partial charge in [-0.25, -0.2) is 15.0 Å². The van der Waals surface area contributed by atoms with Gasteiger partial charge in [-0.2, -0.15) is 0 Å². The predicted molar refractivity (Wildman–Crippen MR) is 103 cm³/mol. The lowest BCUT2D eigenvalue weighted by atomic mass is 9.88. The molecule has 1 saturated heterocycles. The largest absolute Gasteiger partial charge is 0.356 e. The topological polar surface area (TPSA) is 117 Å². The highest BCUT2D eigenvalue weighted by Crippen LogP contribution is 2.33. The summed E-state index contributed by atoms with van der Waals surface area (Å²) in [6.07, 6.45) is 5.80. The third-order valence-corrected chi connectivity index (χ3v) is 5.40. The molecule has 4 N–H and O–H groups in total. The molecule has 4 heterocycles. The molecule has 0 saturated carbocycles. The van der Waals surface area contributed by atoms with E-state index < -0.39 is 5.54 Å². The zero-order valence-electron chi connectivity index (χ0n) is 14.6. The van der Waals surface area contributed by atoms with E-state index in [1.807, 2.05) is 18.3 Å². The fraction of sp³-hybridized carbons (Fsp3) is 0.263. The molecule has 136 valence electrons. The lowest BCUT2D eigenvalue weighted by Gasteiger charge is -2.38. The summed E-state index contributed by atoms with van der Waals surface area (Å²) in [5.74, 6) is 1.71. The number of imidazole rings is 1. The SMILES string of the molecule is NC1(c2nc3ccc(C=O)cc3[nH]2)CCN(c2ncnc3[nH]ccc23)CC1. The second-order valence-electron chi connectivity index (χ2n) is 7.06. The molecule has 27 heavy (non-hydrogen) atoms. The van der Waals surface area contributed by atoms with Crippen LogP contribution in [0.1, 0.15) is 29.0 Å². The fourth-order valence-electron chi connectivity index (χ4n) is 3.80. The quantitative estimate of drug-likeness (QED) is 0.481. The minimum atomic E-state index is -0.527. The number of H-pyrrole nitrogens is 2. The smallest absolute Gasteiger partial charge is 0.150 e. The number of benzene rings is 1. The number of hydrogen-bond donors (Lipinski definition) is 3. The number of carbonyl (C=O) groups excluding carboxylic acids is 1. The van der Waals surface area contributed by atoms with Crippen LogP contribution in [0.25, 0.3) is 22.1 Å². The summed E-state index contributed by atoms with van der Waals surface area (Å²) in [6, 6.07) is 7.42. The molecule has 1 aliphatic heterocycles. The van der Waals surface area contributed by atoms with Crippen molar-refractivity contribution in [3.8, 4) is 0 Å². The van der Waals surface area contributed by atoms with E-state index >= 15 is 0 Å². The molecule has 3 aromatic heterocycles. The summed E-state index contributed by atoms with van der Waals surface area (Å²) < 4.78 is 0. The van der Waals surface area contributed by atoms with Gasteiger partial charge in [-0.3, -0.25) is 4.79 Å². The van der Waals surface area contributed by atoms with Crippen LogP contribution in [0, 0.1) is 0 Å². The van der Waals surface area contributed by atoms with Gasteiger partial charge in [0.1, 0.15) is 29.9 Å². The maximum atomic E-state index is 11.0. The lowest BCUT2D eigenvalue weighted by Crippen LogP contribution is -2.49. The number of anilines is 1. The Kier molecular flexibility index (Phi) is 3.48. The number of rotatable bonds is 3. The van der Waals surface area contributed by atoms with Crippen LogP contribution in [-0.2, 0) is 5.54 Å². The summed E-state index contributed by atoms with van der Waals surface area (Å²) in [5, 5.41) is 1.02. The fourth-order valence-corrected chi connectivity index (χ4v) is 3.80. The molecule has 1 aliphatic rings. The zero-order valence-corrected chi connectivity index (χ0v) is 14.6. The first kappa shape index (κ1) is 16.0. The van der Waals surface area contributed by atoms with Crippen LogP contribution in [-0.4, -0.2) is 44.3 Å². The molecule has 0 bridgehead atoms. The van der Waals surface area contributed by atoms with E-state index in [2.05, 4.69) is 29.8 Å². The second-order valence-corrected chi connectivity index (χ2v) is 7.06. The Morgan fingerprint density at radius 1 is 1.19 bits per heavy atom. The molecule has 8 heteroatoms. The van der Waals surface area contributed by atoms with E-state index in [0.717, 1.165) is 65.9 Å². The number of aldehydes is 1. The predicted octanol–water partition coefficient (Wildman–Crippen LogP) is 2.10. The summed E-state index contributed by atoms with van der Waals surface area (Å²) in [4.78, 5) is 33.1. The van der Waals surface area contributed by atoms with Gasteiger partial charge in [0.25, 0.3) is 0 Å². The Morgan fingerprint density at radius 3 is 2.85 bits per heavy atom. The molecule has 0 radical (unpaired) electrons. The lowest BCUT2D eigenvalue weighted by molar-refractivity contribution is 0.112. The molecule has 0 spiro atoms. The molecule has 0 aliphatic carbocycles. The van der Waals surface area contributed by atoms with Crippen molar-refractivity contribution >= 4 is 34.2 Å². The highest BCUT2D eigenvalue weighted by molar-refractivity contribution is 5.87. The number of hydrogen-bond acceptors (Lipinski definition) is 6. The highest BCUT2D eigenvalue weighted by Gasteiger charge is 2.36. The molecule has 5 rings (SSSR count). The molecule has 8 nitrogen and oxygen atoms in total. The van der Waals surface area contributed by atoms with Crippen LogP contribution in [0.2, 0.25) is 0 Å². The van der Waals surface area contributed by atoms with Gasteiger partial charge in [-0.1, -0.05) is 0 Å². The molecule has 1 fully saturated rings. The van der Waals surface area contributed by atoms with E-state index in [0.29, 0.717) is 5.56 Å². The molecular formula is C19H19N7O. The van der Waals surface area contributed by atoms with E-state index in [9.17, 15) is 4.79 Å². The maximum Gasteiger partial charge on any atom is 0.150 e. The van der Waals surface area contributed by atoms with Crippen molar-refractivity contribution in [3.63, 3.8) is 0 Å². The van der Waals surface area contributed by atoms with Crippen molar-refractivity contribution in [1.82, 2.24) is 24.9 Å². The minimum Gasteiger partial charge on any atom is -0.356 e. The number of nitrogens with zero attached hydrogens (tertiary/aromatic N) is 4. The molecular weight excluding hydrogens is 342 g/mol. The highest BCUT2D eigenvalue weighted by atomic mass is 16.1. The third-order valence-electron chi connectivity index (χ3n) is 5.40.